The van der Waals surface area contributed by atoms with Gasteiger partial charge in [0.05, 0.1) is 17.8 Å². The molecule has 0 aromatic heterocycles. The van der Waals surface area contributed by atoms with Gasteiger partial charge in [0.1, 0.15) is 5.75 Å². The number of nitrogens with one attached hydrogen (secondary N) is 2. The highest BCUT2D eigenvalue weighted by molar-refractivity contribution is 8.00. The van der Waals surface area contributed by atoms with Crippen molar-refractivity contribution in [3.8, 4) is 5.75 Å². The molecule has 8 heteroatoms. The molecular weight excluding hydrogens is 444 g/mol. The van der Waals surface area contributed by atoms with Gasteiger partial charge in [-0.1, -0.05) is 23.8 Å². The zero-order valence-corrected chi connectivity index (χ0v) is 20.1. The third kappa shape index (κ3) is 6.05. The number of hydrogen-bond acceptors (Lipinski definition) is 5. The topological polar surface area (TPSA) is 84.5 Å². The maximum atomic E-state index is 12.8. The second kappa shape index (κ2) is 10.1. The standard InChI is InChI=1S/C24H26N2O4S2/c1-16-5-6-18(3)23(13-16)31-15-24(27)25-22-14-21(12-7-17(22)2)32(28,29)26-19-8-10-20(30-4)11-9-19/h5-14,26H,15H2,1-4H3,(H,25,27). The van der Waals surface area contributed by atoms with E-state index >= 15 is 0 Å². The van der Waals surface area contributed by atoms with Gasteiger partial charge in [-0.2, -0.15) is 0 Å². The summed E-state index contributed by atoms with van der Waals surface area (Å²) in [5.41, 5.74) is 3.91. The van der Waals surface area contributed by atoms with Crippen LogP contribution in [0, 0.1) is 20.8 Å². The third-order valence-electron chi connectivity index (χ3n) is 4.84. The van der Waals surface area contributed by atoms with Crippen molar-refractivity contribution in [3.05, 3.63) is 77.4 Å². The van der Waals surface area contributed by atoms with Crippen molar-refractivity contribution >= 4 is 39.1 Å². The molecule has 0 atom stereocenters. The van der Waals surface area contributed by atoms with E-state index in [1.54, 1.807) is 37.4 Å². The lowest BCUT2D eigenvalue weighted by molar-refractivity contribution is -0.113. The Labute approximate surface area is 193 Å². The Morgan fingerprint density at radius 3 is 2.31 bits per heavy atom. The Morgan fingerprint density at radius 2 is 1.62 bits per heavy atom. The van der Waals surface area contributed by atoms with Crippen LogP contribution < -0.4 is 14.8 Å². The first-order valence-electron chi connectivity index (χ1n) is 9.95. The molecule has 168 valence electrons. The lowest BCUT2D eigenvalue weighted by atomic mass is 10.2. The number of thioether (sulfide) groups is 1. The van der Waals surface area contributed by atoms with Crippen molar-refractivity contribution in [2.45, 2.75) is 30.6 Å². The summed E-state index contributed by atoms with van der Waals surface area (Å²) in [6, 6.07) is 17.4. The second-order valence-electron chi connectivity index (χ2n) is 7.42. The monoisotopic (exact) mass is 470 g/mol. The second-order valence-corrected chi connectivity index (χ2v) is 10.1. The zero-order chi connectivity index (χ0) is 23.3. The lowest BCUT2D eigenvalue weighted by Gasteiger charge is -2.13. The molecule has 3 aromatic carbocycles. The minimum Gasteiger partial charge on any atom is -0.497 e. The average molecular weight is 471 g/mol. The Bertz CT molecular complexity index is 1220. The molecular formula is C24H26N2O4S2. The van der Waals surface area contributed by atoms with Crippen LogP contribution in [0.15, 0.2) is 70.5 Å². The molecule has 0 aliphatic heterocycles. The van der Waals surface area contributed by atoms with Crippen LogP contribution in [-0.4, -0.2) is 27.2 Å². The quantitative estimate of drug-likeness (QED) is 0.445. The van der Waals surface area contributed by atoms with E-state index in [4.69, 9.17) is 4.74 Å². The van der Waals surface area contributed by atoms with Gasteiger partial charge in [-0.3, -0.25) is 9.52 Å². The smallest absolute Gasteiger partial charge is 0.261 e. The van der Waals surface area contributed by atoms with Crippen LogP contribution in [0.2, 0.25) is 0 Å². The summed E-state index contributed by atoms with van der Waals surface area (Å²) >= 11 is 1.46. The number of rotatable bonds is 8. The van der Waals surface area contributed by atoms with Crippen LogP contribution in [-0.2, 0) is 14.8 Å². The molecule has 1 amide bonds. The number of sulfonamides is 1. The normalized spacial score (nSPS) is 11.1. The fraction of sp³-hybridized carbons (Fsp3) is 0.208. The van der Waals surface area contributed by atoms with Crippen LogP contribution >= 0.6 is 11.8 Å². The van der Waals surface area contributed by atoms with E-state index in [0.29, 0.717) is 17.1 Å². The van der Waals surface area contributed by atoms with Gasteiger partial charge in [0.25, 0.3) is 10.0 Å². The molecule has 0 radical (unpaired) electrons. The molecule has 32 heavy (non-hydrogen) atoms. The van der Waals surface area contributed by atoms with Crippen LogP contribution in [0.5, 0.6) is 5.75 Å². The SMILES string of the molecule is COc1ccc(NS(=O)(=O)c2ccc(C)c(NC(=O)CSc3cc(C)ccc3C)c2)cc1. The Balaban J connectivity index is 1.71. The maximum Gasteiger partial charge on any atom is 0.261 e. The van der Waals surface area contributed by atoms with Gasteiger partial charge in [-0.15, -0.1) is 11.8 Å². The van der Waals surface area contributed by atoms with Crippen molar-refractivity contribution < 1.29 is 17.9 Å². The van der Waals surface area contributed by atoms with Gasteiger partial charge in [0, 0.05) is 16.3 Å². The van der Waals surface area contributed by atoms with E-state index in [1.165, 1.54) is 23.9 Å². The van der Waals surface area contributed by atoms with Crippen LogP contribution in [0.1, 0.15) is 16.7 Å². The number of aryl methyl sites for hydroxylation is 3. The van der Waals surface area contributed by atoms with Gasteiger partial charge in [-0.25, -0.2) is 8.42 Å². The molecule has 0 unspecified atom stereocenters. The summed E-state index contributed by atoms with van der Waals surface area (Å²) < 4.78 is 33.3. The van der Waals surface area contributed by atoms with E-state index in [9.17, 15) is 13.2 Å². The molecule has 3 rings (SSSR count). The van der Waals surface area contributed by atoms with Crippen molar-refractivity contribution in [1.29, 1.82) is 0 Å². The number of ether oxygens (including phenoxy) is 1. The first kappa shape index (κ1) is 23.7. The van der Waals surface area contributed by atoms with E-state index in [2.05, 4.69) is 16.1 Å². The Kier molecular flexibility index (Phi) is 7.48. The fourth-order valence-electron chi connectivity index (χ4n) is 2.97. The van der Waals surface area contributed by atoms with Gasteiger partial charge < -0.3 is 10.1 Å². The molecule has 0 fully saturated rings. The molecule has 3 aromatic rings. The third-order valence-corrected chi connectivity index (χ3v) is 7.37. The predicted octanol–water partition coefficient (Wildman–Crippen LogP) is 5.15. The average Bonchev–Trinajstić information content (AvgIpc) is 2.76. The molecule has 0 heterocycles. The molecule has 0 spiro atoms. The van der Waals surface area contributed by atoms with Crippen LogP contribution in [0.25, 0.3) is 0 Å². The minimum atomic E-state index is -3.82. The summed E-state index contributed by atoms with van der Waals surface area (Å²) in [5.74, 6) is 0.661. The molecule has 0 saturated carbocycles. The van der Waals surface area contributed by atoms with E-state index in [0.717, 1.165) is 21.6 Å². The van der Waals surface area contributed by atoms with Crippen molar-refractivity contribution in [2.24, 2.45) is 0 Å². The summed E-state index contributed by atoms with van der Waals surface area (Å²) in [6.07, 6.45) is 0. The number of carbonyl (C=O) groups excluding carboxylic acids is 1. The van der Waals surface area contributed by atoms with Gasteiger partial charge in [0.15, 0.2) is 0 Å². The summed E-state index contributed by atoms with van der Waals surface area (Å²) in [4.78, 5) is 13.7. The summed E-state index contributed by atoms with van der Waals surface area (Å²) in [6.45, 7) is 5.84. The van der Waals surface area contributed by atoms with Gasteiger partial charge >= 0.3 is 0 Å². The first-order valence-corrected chi connectivity index (χ1v) is 12.4. The molecule has 0 bridgehead atoms. The predicted molar refractivity (Wildman–Crippen MR) is 130 cm³/mol. The maximum absolute atomic E-state index is 12.8. The highest BCUT2D eigenvalue weighted by Gasteiger charge is 2.17. The molecule has 6 nitrogen and oxygen atoms in total. The van der Waals surface area contributed by atoms with E-state index < -0.39 is 10.0 Å². The summed E-state index contributed by atoms with van der Waals surface area (Å²) in [7, 11) is -2.28. The molecule has 2 N–H and O–H groups in total. The number of anilines is 2. The van der Waals surface area contributed by atoms with Crippen molar-refractivity contribution in [2.75, 3.05) is 22.9 Å². The zero-order valence-electron chi connectivity index (χ0n) is 18.4. The lowest BCUT2D eigenvalue weighted by Crippen LogP contribution is -2.17. The Hall–Kier alpha value is -2.97. The number of methoxy groups -OCH3 is 1. The van der Waals surface area contributed by atoms with Crippen molar-refractivity contribution in [1.82, 2.24) is 0 Å². The van der Waals surface area contributed by atoms with Crippen LogP contribution in [0.3, 0.4) is 0 Å². The minimum absolute atomic E-state index is 0.0661. The number of amides is 1. The van der Waals surface area contributed by atoms with Crippen LogP contribution in [0.4, 0.5) is 11.4 Å². The first-order chi connectivity index (χ1) is 15.2. The number of carbonyl (C=O) groups is 1. The number of hydrogen-bond donors (Lipinski definition) is 2. The molecule has 0 aliphatic carbocycles. The molecule has 0 saturated heterocycles. The highest BCUT2D eigenvalue weighted by atomic mass is 32.2. The summed E-state index contributed by atoms with van der Waals surface area (Å²) in [5, 5.41) is 2.84. The van der Waals surface area contributed by atoms with E-state index in [1.807, 2.05) is 32.9 Å². The largest absolute Gasteiger partial charge is 0.497 e. The molecule has 0 aliphatic rings. The van der Waals surface area contributed by atoms with Crippen molar-refractivity contribution in [3.63, 3.8) is 0 Å². The van der Waals surface area contributed by atoms with Gasteiger partial charge in [0.2, 0.25) is 5.91 Å². The van der Waals surface area contributed by atoms with Gasteiger partial charge in [-0.05, 0) is 74.4 Å². The fourth-order valence-corrected chi connectivity index (χ4v) is 4.98. The number of benzene rings is 3. The highest BCUT2D eigenvalue weighted by Crippen LogP contribution is 2.26. The van der Waals surface area contributed by atoms with E-state index in [-0.39, 0.29) is 16.6 Å². The Morgan fingerprint density at radius 1 is 0.938 bits per heavy atom.